The number of aromatic hydroxyl groups is 2. The Kier molecular flexibility index (Phi) is 7.55. The normalized spacial score (nSPS) is 11.7. The number of hydrogen-bond acceptors (Lipinski definition) is 4. The van der Waals surface area contributed by atoms with Gasteiger partial charge in [0.2, 0.25) is 0 Å². The Morgan fingerprint density at radius 2 is 1.00 bits per heavy atom. The first-order chi connectivity index (χ1) is 14.2. The Morgan fingerprint density at radius 1 is 0.633 bits per heavy atom. The minimum atomic E-state index is 0.111. The van der Waals surface area contributed by atoms with Gasteiger partial charge in [0.15, 0.2) is 0 Å². The van der Waals surface area contributed by atoms with E-state index in [0.29, 0.717) is 31.4 Å². The second-order valence-electron chi connectivity index (χ2n) is 6.59. The van der Waals surface area contributed by atoms with Crippen LogP contribution in [0.1, 0.15) is 22.3 Å². The highest BCUT2D eigenvalue weighted by Gasteiger charge is 2.09. The van der Waals surface area contributed by atoms with E-state index in [1.807, 2.05) is 26.0 Å². The minimum absolute atomic E-state index is 0.111. The largest absolute Gasteiger partial charge is 0.506 e. The Bertz CT molecular complexity index is 1100. The zero-order valence-electron chi connectivity index (χ0n) is 15.9. The van der Waals surface area contributed by atoms with Crippen molar-refractivity contribution in [2.45, 2.75) is 13.8 Å². The molecule has 0 radical (unpaired) electrons. The summed E-state index contributed by atoms with van der Waals surface area (Å²) in [4.78, 5) is 9.14. The van der Waals surface area contributed by atoms with Crippen LogP contribution < -0.4 is 0 Å². The Labute approximate surface area is 208 Å². The van der Waals surface area contributed by atoms with Crippen molar-refractivity contribution in [3.63, 3.8) is 0 Å². The smallest absolute Gasteiger partial charge is 0.138 e. The van der Waals surface area contributed by atoms with E-state index in [9.17, 15) is 10.2 Å². The summed E-state index contributed by atoms with van der Waals surface area (Å²) in [7, 11) is 0. The lowest BCUT2D eigenvalue weighted by molar-refractivity contribution is 0.470. The molecule has 0 heterocycles. The van der Waals surface area contributed by atoms with E-state index >= 15 is 0 Å². The molecular weight excluding hydrogens is 644 g/mol. The van der Waals surface area contributed by atoms with E-state index < -0.39 is 0 Å². The summed E-state index contributed by atoms with van der Waals surface area (Å²) < 4.78 is 2.80. The number of phenolic OH excluding ortho intramolecular Hbond substituents is 2. The molecule has 0 aromatic heterocycles. The number of benzene rings is 3. The molecule has 0 fully saturated rings. The highest BCUT2D eigenvalue weighted by Crippen LogP contribution is 2.35. The van der Waals surface area contributed by atoms with Gasteiger partial charge in [0.25, 0.3) is 0 Å². The maximum atomic E-state index is 10.3. The fourth-order valence-corrected chi connectivity index (χ4v) is 5.16. The molecule has 154 valence electrons. The summed E-state index contributed by atoms with van der Waals surface area (Å²) in [6.45, 7) is 4.01. The molecule has 0 bridgehead atoms. The molecule has 3 rings (SSSR count). The molecule has 4 nitrogen and oxygen atoms in total. The topological polar surface area (TPSA) is 65.2 Å². The number of phenols is 2. The average molecular weight is 660 g/mol. The standard InChI is InChI=1S/C22H16Br4N2O2/c1-11-3-19(27-9-13-5-15(23)7-17(25)21(13)29)20(4-12(11)2)28-10-14-6-16(24)8-18(26)22(14)30/h3-10,29-30H,1-2H3. The van der Waals surface area contributed by atoms with Crippen molar-refractivity contribution in [1.29, 1.82) is 0 Å². The van der Waals surface area contributed by atoms with Crippen molar-refractivity contribution in [3.8, 4) is 11.5 Å². The van der Waals surface area contributed by atoms with Gasteiger partial charge in [-0.1, -0.05) is 31.9 Å². The number of aryl methyl sites for hydroxylation is 2. The Balaban J connectivity index is 2.04. The SMILES string of the molecule is Cc1cc(N=Cc2cc(Br)cc(Br)c2O)c(N=Cc2cc(Br)cc(Br)c2O)cc1C. The van der Waals surface area contributed by atoms with Crippen LogP contribution in [0.25, 0.3) is 0 Å². The van der Waals surface area contributed by atoms with Crippen LogP contribution in [0.4, 0.5) is 11.4 Å². The summed E-state index contributed by atoms with van der Waals surface area (Å²) in [6, 6.07) is 11.0. The lowest BCUT2D eigenvalue weighted by Crippen LogP contribution is -1.87. The molecule has 0 atom stereocenters. The molecule has 0 amide bonds. The summed E-state index contributed by atoms with van der Waals surface area (Å²) in [5.41, 5.74) is 4.59. The maximum Gasteiger partial charge on any atom is 0.138 e. The van der Waals surface area contributed by atoms with Crippen molar-refractivity contribution in [1.82, 2.24) is 0 Å². The van der Waals surface area contributed by atoms with E-state index in [0.717, 1.165) is 20.1 Å². The zero-order valence-corrected chi connectivity index (χ0v) is 22.3. The highest BCUT2D eigenvalue weighted by atomic mass is 79.9. The van der Waals surface area contributed by atoms with Crippen molar-refractivity contribution in [2.24, 2.45) is 9.98 Å². The quantitative estimate of drug-likeness (QED) is 0.277. The van der Waals surface area contributed by atoms with Gasteiger partial charge in [0, 0.05) is 32.5 Å². The molecule has 0 saturated heterocycles. The van der Waals surface area contributed by atoms with Crippen LogP contribution in [0.15, 0.2) is 64.3 Å². The average Bonchev–Trinajstić information content (AvgIpc) is 2.67. The van der Waals surface area contributed by atoms with E-state index in [-0.39, 0.29) is 11.5 Å². The molecule has 3 aromatic carbocycles. The van der Waals surface area contributed by atoms with Gasteiger partial charge in [-0.25, -0.2) is 0 Å². The summed E-state index contributed by atoms with van der Waals surface area (Å²) >= 11 is 13.5. The second-order valence-corrected chi connectivity index (χ2v) is 10.1. The summed E-state index contributed by atoms with van der Waals surface area (Å²) in [5, 5.41) is 20.6. The van der Waals surface area contributed by atoms with Crippen LogP contribution in [0, 0.1) is 13.8 Å². The number of nitrogens with zero attached hydrogens (tertiary/aromatic N) is 2. The maximum absolute atomic E-state index is 10.3. The number of rotatable bonds is 4. The van der Waals surface area contributed by atoms with Gasteiger partial charge in [0.05, 0.1) is 20.3 Å². The lowest BCUT2D eigenvalue weighted by atomic mass is 10.1. The third kappa shape index (κ3) is 5.41. The Morgan fingerprint density at radius 3 is 1.37 bits per heavy atom. The first-order valence-electron chi connectivity index (χ1n) is 8.71. The van der Waals surface area contributed by atoms with Gasteiger partial charge in [-0.3, -0.25) is 9.98 Å². The third-order valence-corrected chi connectivity index (χ3v) is 6.52. The lowest BCUT2D eigenvalue weighted by Gasteiger charge is -2.08. The van der Waals surface area contributed by atoms with E-state index in [1.54, 1.807) is 36.7 Å². The molecule has 3 aromatic rings. The van der Waals surface area contributed by atoms with Gasteiger partial charge < -0.3 is 10.2 Å². The molecule has 2 N–H and O–H groups in total. The van der Waals surface area contributed by atoms with Crippen molar-refractivity contribution in [3.05, 3.63) is 76.5 Å². The van der Waals surface area contributed by atoms with Crippen molar-refractivity contribution in [2.75, 3.05) is 0 Å². The molecule has 8 heteroatoms. The van der Waals surface area contributed by atoms with Gasteiger partial charge in [-0.15, -0.1) is 0 Å². The van der Waals surface area contributed by atoms with E-state index in [4.69, 9.17) is 0 Å². The molecule has 0 saturated carbocycles. The van der Waals surface area contributed by atoms with E-state index in [1.165, 1.54) is 0 Å². The van der Waals surface area contributed by atoms with Crippen molar-refractivity contribution >= 4 is 87.5 Å². The van der Waals surface area contributed by atoms with E-state index in [2.05, 4.69) is 73.7 Å². The third-order valence-electron chi connectivity index (χ3n) is 4.39. The Hall–Kier alpha value is -1.48. The number of halogens is 4. The molecule has 0 aliphatic rings. The number of aliphatic imine (C=N–C) groups is 2. The van der Waals surface area contributed by atoms with Crippen LogP contribution in [-0.2, 0) is 0 Å². The fraction of sp³-hybridized carbons (Fsp3) is 0.0909. The molecule has 30 heavy (non-hydrogen) atoms. The first-order valence-corrected chi connectivity index (χ1v) is 11.9. The molecule has 0 aliphatic heterocycles. The molecule has 0 unspecified atom stereocenters. The molecular formula is C22H16Br4N2O2. The highest BCUT2D eigenvalue weighted by molar-refractivity contribution is 9.11. The van der Waals surface area contributed by atoms with Gasteiger partial charge >= 0.3 is 0 Å². The van der Waals surface area contributed by atoms with Crippen molar-refractivity contribution < 1.29 is 10.2 Å². The molecule has 0 aliphatic carbocycles. The van der Waals surface area contributed by atoms with Crippen LogP contribution >= 0.6 is 63.7 Å². The van der Waals surface area contributed by atoms with Crippen LogP contribution in [0.2, 0.25) is 0 Å². The zero-order chi connectivity index (χ0) is 22.0. The second kappa shape index (κ2) is 9.77. The predicted octanol–water partition coefficient (Wildman–Crippen LogP) is 8.27. The predicted molar refractivity (Wildman–Crippen MR) is 137 cm³/mol. The minimum Gasteiger partial charge on any atom is -0.506 e. The van der Waals surface area contributed by atoms with Gasteiger partial charge in [-0.05, 0) is 93.2 Å². The summed E-state index contributed by atoms with van der Waals surface area (Å²) in [6.07, 6.45) is 3.20. The first kappa shape index (κ1) is 23.2. The summed E-state index contributed by atoms with van der Waals surface area (Å²) in [5.74, 6) is 0.222. The fourth-order valence-electron chi connectivity index (χ4n) is 2.64. The van der Waals surface area contributed by atoms with Crippen LogP contribution in [0.3, 0.4) is 0 Å². The van der Waals surface area contributed by atoms with Gasteiger partial charge in [-0.2, -0.15) is 0 Å². The monoisotopic (exact) mass is 656 g/mol. The van der Waals surface area contributed by atoms with Crippen LogP contribution in [-0.4, -0.2) is 22.6 Å². The van der Waals surface area contributed by atoms with Crippen LogP contribution in [0.5, 0.6) is 11.5 Å². The van der Waals surface area contributed by atoms with Gasteiger partial charge in [0.1, 0.15) is 11.5 Å². The molecule has 0 spiro atoms. The number of hydrogen-bond donors (Lipinski definition) is 2.